The summed E-state index contributed by atoms with van der Waals surface area (Å²) in [5.41, 5.74) is 11.2. The Balaban J connectivity index is 0.00000196. The summed E-state index contributed by atoms with van der Waals surface area (Å²) in [5, 5.41) is 9.01. The third kappa shape index (κ3) is 4.53. The van der Waals surface area contributed by atoms with Gasteiger partial charge in [-0.3, -0.25) is 0 Å². The van der Waals surface area contributed by atoms with Crippen LogP contribution < -0.4 is 11.5 Å². The van der Waals surface area contributed by atoms with E-state index in [4.69, 9.17) is 16.6 Å². The van der Waals surface area contributed by atoms with E-state index >= 15 is 0 Å². The van der Waals surface area contributed by atoms with Crippen molar-refractivity contribution in [3.8, 4) is 5.75 Å². The highest BCUT2D eigenvalue weighted by Gasteiger charge is 2.07. The largest absolute Gasteiger partial charge is 0.508 e. The molecule has 1 unspecified atom stereocenters. The van der Waals surface area contributed by atoms with Crippen molar-refractivity contribution in [3.63, 3.8) is 0 Å². The van der Waals surface area contributed by atoms with Gasteiger partial charge in [0.15, 0.2) is 0 Å². The molecule has 0 aromatic heterocycles. The second-order valence-electron chi connectivity index (χ2n) is 2.83. The number of halogens is 1. The molecule has 0 fully saturated rings. The molecular weight excluding hydrogens is 220 g/mol. The molecule has 0 spiro atoms. The van der Waals surface area contributed by atoms with Crippen molar-refractivity contribution in [1.29, 1.82) is 0 Å². The molecule has 0 saturated heterocycles. The Bertz CT molecular complexity index is 316. The van der Waals surface area contributed by atoms with Gasteiger partial charge in [0.05, 0.1) is 6.04 Å². The molecule has 0 aliphatic heterocycles. The van der Waals surface area contributed by atoms with Crippen LogP contribution in [0.2, 0.25) is 0 Å². The minimum Gasteiger partial charge on any atom is -0.508 e. The number of carbonyl (C=O) groups is 1. The number of rotatable bonds is 3. The Kier molecular flexibility index (Phi) is 5.51. The van der Waals surface area contributed by atoms with E-state index in [1.165, 1.54) is 12.1 Å². The van der Waals surface area contributed by atoms with Gasteiger partial charge in [-0.15, -0.1) is 12.4 Å². The topological polar surface area (TPSA) is 98.6 Å². The van der Waals surface area contributed by atoms with E-state index in [1.807, 2.05) is 0 Å². The van der Waals surface area contributed by atoms with E-state index in [9.17, 15) is 4.79 Å². The van der Waals surface area contributed by atoms with Crippen LogP contribution in [0.4, 0.5) is 4.79 Å². The first-order valence-electron chi connectivity index (χ1n) is 4.06. The van der Waals surface area contributed by atoms with Crippen LogP contribution in [-0.4, -0.2) is 17.8 Å². The minimum atomic E-state index is -0.848. The number of nitrogens with two attached hydrogens (primary N) is 2. The number of ether oxygens (including phenoxy) is 1. The lowest BCUT2D eigenvalue weighted by molar-refractivity contribution is 0.149. The maximum Gasteiger partial charge on any atom is 0.404 e. The summed E-state index contributed by atoms with van der Waals surface area (Å²) in [7, 11) is 0. The first-order chi connectivity index (χ1) is 6.59. The van der Waals surface area contributed by atoms with Crippen molar-refractivity contribution in [2.45, 2.75) is 6.04 Å². The van der Waals surface area contributed by atoms with Crippen molar-refractivity contribution in [2.24, 2.45) is 11.5 Å². The summed E-state index contributed by atoms with van der Waals surface area (Å²) >= 11 is 0. The molecular formula is C9H13ClN2O3. The molecule has 0 bridgehead atoms. The quantitative estimate of drug-likeness (QED) is 0.721. The lowest BCUT2D eigenvalue weighted by Gasteiger charge is -2.11. The lowest BCUT2D eigenvalue weighted by Crippen LogP contribution is -2.22. The van der Waals surface area contributed by atoms with Gasteiger partial charge < -0.3 is 21.3 Å². The number of amides is 1. The number of hydrogen-bond acceptors (Lipinski definition) is 4. The average molecular weight is 233 g/mol. The number of benzene rings is 1. The summed E-state index contributed by atoms with van der Waals surface area (Å²) in [6.45, 7) is 0.0279. The Morgan fingerprint density at radius 2 is 1.93 bits per heavy atom. The van der Waals surface area contributed by atoms with Gasteiger partial charge in [-0.25, -0.2) is 4.79 Å². The van der Waals surface area contributed by atoms with Gasteiger partial charge >= 0.3 is 6.09 Å². The SMILES string of the molecule is Cl.NC(=O)OCC(N)c1ccc(O)cc1. The van der Waals surface area contributed by atoms with Gasteiger partial charge in [-0.1, -0.05) is 12.1 Å². The highest BCUT2D eigenvalue weighted by molar-refractivity contribution is 5.85. The molecule has 1 atom stereocenters. The molecule has 0 aliphatic carbocycles. The van der Waals surface area contributed by atoms with Crippen LogP contribution in [0.5, 0.6) is 5.75 Å². The summed E-state index contributed by atoms with van der Waals surface area (Å²) in [4.78, 5) is 10.3. The first-order valence-corrected chi connectivity index (χ1v) is 4.06. The molecule has 0 heterocycles. The normalized spacial score (nSPS) is 11.3. The molecule has 1 aromatic rings. The smallest absolute Gasteiger partial charge is 0.404 e. The molecule has 0 saturated carbocycles. The summed E-state index contributed by atoms with van der Waals surface area (Å²) in [5.74, 6) is 0.164. The van der Waals surface area contributed by atoms with Crippen molar-refractivity contribution in [2.75, 3.05) is 6.61 Å². The van der Waals surface area contributed by atoms with Crippen LogP contribution >= 0.6 is 12.4 Å². The third-order valence-electron chi connectivity index (χ3n) is 1.73. The highest BCUT2D eigenvalue weighted by Crippen LogP contribution is 2.15. The Labute approximate surface area is 93.4 Å². The fourth-order valence-electron chi connectivity index (χ4n) is 0.990. The second kappa shape index (κ2) is 6.10. The number of aromatic hydroxyl groups is 1. The Morgan fingerprint density at radius 1 is 1.40 bits per heavy atom. The number of primary amides is 1. The maximum atomic E-state index is 10.3. The van der Waals surface area contributed by atoms with Crippen molar-refractivity contribution in [1.82, 2.24) is 0 Å². The van der Waals surface area contributed by atoms with Crippen LogP contribution in [0.1, 0.15) is 11.6 Å². The molecule has 1 aromatic carbocycles. The standard InChI is InChI=1S/C9H12N2O3.ClH/c10-8(5-14-9(11)13)6-1-3-7(12)4-2-6;/h1-4,8,12H,5,10H2,(H2,11,13);1H. The third-order valence-corrected chi connectivity index (χ3v) is 1.73. The van der Waals surface area contributed by atoms with Gasteiger partial charge in [0.25, 0.3) is 0 Å². The molecule has 0 radical (unpaired) electrons. The number of phenolic OH excluding ortho intramolecular Hbond substituents is 1. The molecule has 0 aliphatic rings. The van der Waals surface area contributed by atoms with E-state index in [0.29, 0.717) is 0 Å². The van der Waals surface area contributed by atoms with Crippen LogP contribution in [0.15, 0.2) is 24.3 Å². The zero-order chi connectivity index (χ0) is 10.6. The van der Waals surface area contributed by atoms with E-state index in [2.05, 4.69) is 4.74 Å². The second-order valence-corrected chi connectivity index (χ2v) is 2.83. The van der Waals surface area contributed by atoms with Crippen molar-refractivity contribution >= 4 is 18.5 Å². The van der Waals surface area contributed by atoms with Crippen LogP contribution in [-0.2, 0) is 4.74 Å². The van der Waals surface area contributed by atoms with Gasteiger partial charge in [0, 0.05) is 0 Å². The average Bonchev–Trinajstić information content (AvgIpc) is 2.15. The molecule has 15 heavy (non-hydrogen) atoms. The van der Waals surface area contributed by atoms with Gasteiger partial charge in [0.2, 0.25) is 0 Å². The van der Waals surface area contributed by atoms with E-state index in [-0.39, 0.29) is 24.8 Å². The molecule has 1 amide bonds. The predicted molar refractivity (Wildman–Crippen MR) is 57.8 cm³/mol. The number of phenols is 1. The van der Waals surface area contributed by atoms with Crippen molar-refractivity contribution in [3.05, 3.63) is 29.8 Å². The Morgan fingerprint density at radius 3 is 2.40 bits per heavy atom. The van der Waals surface area contributed by atoms with Gasteiger partial charge in [-0.05, 0) is 17.7 Å². The lowest BCUT2D eigenvalue weighted by atomic mass is 10.1. The van der Waals surface area contributed by atoms with Crippen LogP contribution in [0.25, 0.3) is 0 Å². The van der Waals surface area contributed by atoms with E-state index in [0.717, 1.165) is 5.56 Å². The summed E-state index contributed by atoms with van der Waals surface area (Å²) < 4.78 is 4.54. The number of hydrogen-bond donors (Lipinski definition) is 3. The minimum absolute atomic E-state index is 0. The van der Waals surface area contributed by atoms with E-state index < -0.39 is 12.1 Å². The van der Waals surface area contributed by atoms with Crippen LogP contribution in [0, 0.1) is 0 Å². The molecule has 6 heteroatoms. The fourth-order valence-corrected chi connectivity index (χ4v) is 0.990. The molecule has 1 rings (SSSR count). The Hall–Kier alpha value is -1.46. The first kappa shape index (κ1) is 13.5. The maximum absolute atomic E-state index is 10.3. The van der Waals surface area contributed by atoms with Gasteiger partial charge in [0.1, 0.15) is 12.4 Å². The monoisotopic (exact) mass is 232 g/mol. The fraction of sp³-hybridized carbons (Fsp3) is 0.222. The zero-order valence-corrected chi connectivity index (χ0v) is 8.74. The zero-order valence-electron chi connectivity index (χ0n) is 7.92. The van der Waals surface area contributed by atoms with Crippen LogP contribution in [0.3, 0.4) is 0 Å². The number of carbonyl (C=O) groups excluding carboxylic acids is 1. The molecule has 5 N–H and O–H groups in total. The highest BCUT2D eigenvalue weighted by atomic mass is 35.5. The van der Waals surface area contributed by atoms with E-state index in [1.54, 1.807) is 12.1 Å². The summed E-state index contributed by atoms with van der Waals surface area (Å²) in [6.07, 6.45) is -0.848. The van der Waals surface area contributed by atoms with Gasteiger partial charge in [-0.2, -0.15) is 0 Å². The predicted octanol–water partition coefficient (Wildman–Crippen LogP) is 0.909. The summed E-state index contributed by atoms with van der Waals surface area (Å²) in [6, 6.07) is 5.91. The molecule has 84 valence electrons. The van der Waals surface area contributed by atoms with Crippen molar-refractivity contribution < 1.29 is 14.6 Å². The molecule has 5 nitrogen and oxygen atoms in total.